The molecule has 1 aromatic carbocycles. The van der Waals surface area contributed by atoms with Crippen molar-refractivity contribution < 1.29 is 13.9 Å². The minimum Gasteiger partial charge on any atom is -0.364 e. The number of halogens is 1. The number of rotatable bonds is 3. The summed E-state index contributed by atoms with van der Waals surface area (Å²) in [7, 11) is 0. The molecule has 0 bridgehead atoms. The highest BCUT2D eigenvalue weighted by molar-refractivity contribution is 5.82. The number of hydrogen-bond acceptors (Lipinski definition) is 3. The highest BCUT2D eigenvalue weighted by Gasteiger charge is 2.38. The number of hydrogen-bond donors (Lipinski definition) is 1. The first-order chi connectivity index (χ1) is 10.2. The molecule has 1 aromatic rings. The quantitative estimate of drug-likeness (QED) is 0.927. The molecular weight excluding hydrogens is 271 g/mol. The Hall–Kier alpha value is -1.46. The van der Waals surface area contributed by atoms with Crippen LogP contribution in [0.15, 0.2) is 24.3 Å². The third kappa shape index (κ3) is 2.94. The molecule has 0 aliphatic carbocycles. The Kier molecular flexibility index (Phi) is 4.22. The Labute approximate surface area is 124 Å². The molecule has 21 heavy (non-hydrogen) atoms. The summed E-state index contributed by atoms with van der Waals surface area (Å²) in [6.07, 6.45) is 3.00. The van der Waals surface area contributed by atoms with Crippen LogP contribution >= 0.6 is 0 Å². The highest BCUT2D eigenvalue weighted by atomic mass is 19.1. The average Bonchev–Trinajstić information content (AvgIpc) is 3.15. The van der Waals surface area contributed by atoms with Crippen LogP contribution in [0, 0.1) is 5.82 Å². The normalized spacial score (nSPS) is 29.0. The van der Waals surface area contributed by atoms with Crippen LogP contribution in [0.5, 0.6) is 0 Å². The summed E-state index contributed by atoms with van der Waals surface area (Å²) in [6, 6.07) is 6.50. The molecule has 2 aliphatic rings. The van der Waals surface area contributed by atoms with Gasteiger partial charge in [0.25, 0.3) is 5.91 Å². The van der Waals surface area contributed by atoms with E-state index in [-0.39, 0.29) is 30.0 Å². The minimum absolute atomic E-state index is 0.00540. The Bertz CT molecular complexity index is 523. The van der Waals surface area contributed by atoms with Crippen molar-refractivity contribution in [1.29, 1.82) is 0 Å². The van der Waals surface area contributed by atoms with Crippen molar-refractivity contribution in [2.75, 3.05) is 13.1 Å². The van der Waals surface area contributed by atoms with Gasteiger partial charge in [-0.05, 0) is 43.4 Å². The number of amides is 1. The summed E-state index contributed by atoms with van der Waals surface area (Å²) in [4.78, 5) is 14.5. The van der Waals surface area contributed by atoms with Crippen LogP contribution in [-0.2, 0) is 9.53 Å². The number of nitrogens with two attached hydrogens (primary N) is 1. The fourth-order valence-corrected chi connectivity index (χ4v) is 3.34. The number of likely N-dealkylation sites (tertiary alicyclic amines) is 1. The molecule has 4 nitrogen and oxygen atoms in total. The molecule has 5 heteroatoms. The number of ether oxygens (including phenoxy) is 1. The van der Waals surface area contributed by atoms with Gasteiger partial charge in [0, 0.05) is 13.1 Å². The second-order valence-corrected chi connectivity index (χ2v) is 5.80. The SMILES string of the molecule is NC[C@H]1CC[C@@H](C(=O)N2CCCC2c2cccc(F)c2)O1. The third-order valence-corrected chi connectivity index (χ3v) is 4.42. The van der Waals surface area contributed by atoms with E-state index in [0.29, 0.717) is 13.1 Å². The summed E-state index contributed by atoms with van der Waals surface area (Å²) >= 11 is 0. The Balaban J connectivity index is 1.73. The molecule has 2 heterocycles. The zero-order valence-corrected chi connectivity index (χ0v) is 12.0. The van der Waals surface area contributed by atoms with Gasteiger partial charge in [0.05, 0.1) is 12.1 Å². The summed E-state index contributed by atoms with van der Waals surface area (Å²) in [5.74, 6) is -0.232. The monoisotopic (exact) mass is 292 g/mol. The van der Waals surface area contributed by atoms with Crippen LogP contribution < -0.4 is 5.73 Å². The van der Waals surface area contributed by atoms with Crippen molar-refractivity contribution in [3.05, 3.63) is 35.6 Å². The van der Waals surface area contributed by atoms with Crippen molar-refractivity contribution in [2.45, 2.75) is 43.9 Å². The van der Waals surface area contributed by atoms with E-state index in [2.05, 4.69) is 0 Å². The highest BCUT2D eigenvalue weighted by Crippen LogP contribution is 2.34. The van der Waals surface area contributed by atoms with E-state index in [1.165, 1.54) is 12.1 Å². The summed E-state index contributed by atoms with van der Waals surface area (Å²) in [5.41, 5.74) is 6.46. The molecule has 2 saturated heterocycles. The Morgan fingerprint density at radius 2 is 2.24 bits per heavy atom. The fourth-order valence-electron chi connectivity index (χ4n) is 3.34. The van der Waals surface area contributed by atoms with Gasteiger partial charge in [0.1, 0.15) is 11.9 Å². The van der Waals surface area contributed by atoms with Crippen molar-refractivity contribution in [3.8, 4) is 0 Å². The lowest BCUT2D eigenvalue weighted by molar-refractivity contribution is -0.143. The Morgan fingerprint density at radius 3 is 2.95 bits per heavy atom. The predicted molar refractivity (Wildman–Crippen MR) is 77.0 cm³/mol. The van der Waals surface area contributed by atoms with E-state index < -0.39 is 0 Å². The zero-order valence-electron chi connectivity index (χ0n) is 12.0. The van der Waals surface area contributed by atoms with Crippen LogP contribution in [0.2, 0.25) is 0 Å². The molecule has 2 fully saturated rings. The molecule has 0 saturated carbocycles. The van der Waals surface area contributed by atoms with Gasteiger partial charge < -0.3 is 15.4 Å². The van der Waals surface area contributed by atoms with Gasteiger partial charge in [0.2, 0.25) is 0 Å². The second-order valence-electron chi connectivity index (χ2n) is 5.80. The number of benzene rings is 1. The lowest BCUT2D eigenvalue weighted by atomic mass is 10.0. The smallest absolute Gasteiger partial charge is 0.252 e. The van der Waals surface area contributed by atoms with E-state index in [9.17, 15) is 9.18 Å². The maximum Gasteiger partial charge on any atom is 0.252 e. The molecule has 1 unspecified atom stereocenters. The van der Waals surface area contributed by atoms with Crippen molar-refractivity contribution in [1.82, 2.24) is 4.90 Å². The molecule has 2 aliphatic heterocycles. The van der Waals surface area contributed by atoms with E-state index >= 15 is 0 Å². The molecule has 3 atom stereocenters. The van der Waals surface area contributed by atoms with Gasteiger partial charge in [-0.3, -0.25) is 4.79 Å². The molecule has 0 aromatic heterocycles. The Morgan fingerprint density at radius 1 is 1.38 bits per heavy atom. The average molecular weight is 292 g/mol. The number of carbonyl (C=O) groups excluding carboxylic acids is 1. The first kappa shape index (κ1) is 14.5. The summed E-state index contributed by atoms with van der Waals surface area (Å²) in [5, 5.41) is 0. The maximum absolute atomic E-state index is 13.4. The molecular formula is C16H21FN2O2. The topological polar surface area (TPSA) is 55.6 Å². The molecule has 0 radical (unpaired) electrons. The first-order valence-corrected chi connectivity index (χ1v) is 7.60. The largest absolute Gasteiger partial charge is 0.364 e. The molecule has 114 valence electrons. The third-order valence-electron chi connectivity index (χ3n) is 4.42. The summed E-state index contributed by atoms with van der Waals surface area (Å²) in [6.45, 7) is 1.17. The van der Waals surface area contributed by atoms with Crippen molar-refractivity contribution in [3.63, 3.8) is 0 Å². The van der Waals surface area contributed by atoms with Crippen LogP contribution in [0.4, 0.5) is 4.39 Å². The molecule has 1 amide bonds. The van der Waals surface area contributed by atoms with Crippen LogP contribution in [0.25, 0.3) is 0 Å². The van der Waals surface area contributed by atoms with Gasteiger partial charge >= 0.3 is 0 Å². The zero-order chi connectivity index (χ0) is 14.8. The van der Waals surface area contributed by atoms with Gasteiger partial charge in [-0.2, -0.15) is 0 Å². The van der Waals surface area contributed by atoms with E-state index in [1.807, 2.05) is 11.0 Å². The van der Waals surface area contributed by atoms with E-state index in [1.54, 1.807) is 6.07 Å². The molecule has 2 N–H and O–H groups in total. The van der Waals surface area contributed by atoms with Crippen LogP contribution in [0.3, 0.4) is 0 Å². The minimum atomic E-state index is -0.382. The fraction of sp³-hybridized carbons (Fsp3) is 0.562. The molecule has 0 spiro atoms. The first-order valence-electron chi connectivity index (χ1n) is 7.60. The van der Waals surface area contributed by atoms with E-state index in [4.69, 9.17) is 10.5 Å². The van der Waals surface area contributed by atoms with E-state index in [0.717, 1.165) is 31.2 Å². The van der Waals surface area contributed by atoms with Crippen molar-refractivity contribution in [2.24, 2.45) is 5.73 Å². The van der Waals surface area contributed by atoms with Gasteiger partial charge in [-0.25, -0.2) is 4.39 Å². The number of carbonyl (C=O) groups is 1. The second kappa shape index (κ2) is 6.12. The molecule has 3 rings (SSSR count). The number of nitrogens with zero attached hydrogens (tertiary/aromatic N) is 1. The van der Waals surface area contributed by atoms with Gasteiger partial charge in [-0.15, -0.1) is 0 Å². The van der Waals surface area contributed by atoms with Gasteiger partial charge in [0.15, 0.2) is 0 Å². The maximum atomic E-state index is 13.4. The lowest BCUT2D eigenvalue weighted by Gasteiger charge is -2.27. The summed E-state index contributed by atoms with van der Waals surface area (Å²) < 4.78 is 19.1. The van der Waals surface area contributed by atoms with Crippen LogP contribution in [-0.4, -0.2) is 36.1 Å². The van der Waals surface area contributed by atoms with Crippen molar-refractivity contribution >= 4 is 5.91 Å². The van der Waals surface area contributed by atoms with Gasteiger partial charge in [-0.1, -0.05) is 12.1 Å². The lowest BCUT2D eigenvalue weighted by Crippen LogP contribution is -2.39. The van der Waals surface area contributed by atoms with Crippen LogP contribution in [0.1, 0.15) is 37.3 Å². The predicted octanol–water partition coefficient (Wildman–Crippen LogP) is 2.00. The standard InChI is InChI=1S/C16H21FN2O2/c17-12-4-1-3-11(9-12)14-5-2-8-19(14)16(20)15-7-6-13(10-18)21-15/h1,3-4,9,13-15H,2,5-8,10,18H2/t13-,14?,15+/m1/s1.